The minimum atomic E-state index is -3.86. The smallest absolute Gasteiger partial charge is 0.407 e. The molecule has 2 aromatic heterocycles. The third kappa shape index (κ3) is 6.08. The number of benzene rings is 2. The lowest BCUT2D eigenvalue weighted by Gasteiger charge is -2.31. The molecule has 1 aliphatic rings. The number of para-hydroxylation sites is 1. The van der Waals surface area contributed by atoms with Crippen molar-refractivity contribution >= 4 is 44.6 Å². The number of rotatable bonds is 6. The van der Waals surface area contributed by atoms with E-state index >= 15 is 0 Å². The minimum Gasteiger partial charge on any atom is -0.444 e. The molecule has 2 aromatic carbocycles. The van der Waals surface area contributed by atoms with Crippen LogP contribution < -0.4 is 10.6 Å². The first-order chi connectivity index (χ1) is 19.0. The highest BCUT2D eigenvalue weighted by Crippen LogP contribution is 2.36. The summed E-state index contributed by atoms with van der Waals surface area (Å²) in [5, 5.41) is 7.35. The largest absolute Gasteiger partial charge is 0.444 e. The van der Waals surface area contributed by atoms with Gasteiger partial charge in [-0.25, -0.2) is 27.2 Å². The maximum Gasteiger partial charge on any atom is 0.407 e. The number of carbonyl (C=O) groups excluding carboxylic acids is 1. The van der Waals surface area contributed by atoms with E-state index in [1.165, 1.54) is 10.2 Å². The highest BCUT2D eigenvalue weighted by atomic mass is 35.5. The molecule has 1 saturated carbocycles. The van der Waals surface area contributed by atoms with Crippen molar-refractivity contribution in [2.24, 2.45) is 0 Å². The van der Waals surface area contributed by atoms with E-state index in [-0.39, 0.29) is 17.0 Å². The number of nitrogens with one attached hydrogen (secondary N) is 2. The van der Waals surface area contributed by atoms with Gasteiger partial charge in [0.15, 0.2) is 0 Å². The fraction of sp³-hybridized carbons (Fsp3) is 0.345. The van der Waals surface area contributed by atoms with Gasteiger partial charge in [-0.15, -0.1) is 0 Å². The van der Waals surface area contributed by atoms with Crippen LogP contribution in [-0.2, 0) is 14.8 Å². The van der Waals surface area contributed by atoms with Crippen molar-refractivity contribution in [1.82, 2.24) is 19.3 Å². The van der Waals surface area contributed by atoms with Gasteiger partial charge in [-0.3, -0.25) is 0 Å². The van der Waals surface area contributed by atoms with Gasteiger partial charge in [-0.1, -0.05) is 48.0 Å². The molecule has 2 atom stereocenters. The van der Waals surface area contributed by atoms with Crippen molar-refractivity contribution < 1.29 is 17.9 Å². The van der Waals surface area contributed by atoms with Crippen LogP contribution in [0.1, 0.15) is 46.5 Å². The summed E-state index contributed by atoms with van der Waals surface area (Å²) in [4.78, 5) is 21.5. The van der Waals surface area contributed by atoms with Gasteiger partial charge < -0.3 is 15.4 Å². The summed E-state index contributed by atoms with van der Waals surface area (Å²) >= 11 is 6.57. The van der Waals surface area contributed by atoms with Crippen molar-refractivity contribution in [2.45, 2.75) is 69.0 Å². The predicted octanol–water partition coefficient (Wildman–Crippen LogP) is 6.24. The Morgan fingerprint density at radius 3 is 2.50 bits per heavy atom. The number of hydrogen-bond acceptors (Lipinski definition) is 7. The molecular formula is C29H32ClN5O4S. The Balaban J connectivity index is 1.42. The minimum absolute atomic E-state index is 0.0301. The molecule has 0 radical (unpaired) electrons. The Kier molecular flexibility index (Phi) is 7.74. The second-order valence-electron chi connectivity index (χ2n) is 10.9. The SMILES string of the molecule is CC(C)(C)OC(=O)N[C@H]1CCC[C@@H](Nc2ncc(Cl)c(-c3cn(S(=O)(=O)c4ccccc4)c4ccccc34)n2)C1. The molecule has 2 N–H and O–H groups in total. The van der Waals surface area contributed by atoms with Gasteiger partial charge in [0.1, 0.15) is 5.60 Å². The van der Waals surface area contributed by atoms with Crippen LogP contribution in [0.5, 0.6) is 0 Å². The molecule has 4 aromatic rings. The quantitative estimate of drug-likeness (QED) is 0.277. The van der Waals surface area contributed by atoms with Crippen LogP contribution >= 0.6 is 11.6 Å². The zero-order valence-corrected chi connectivity index (χ0v) is 24.2. The number of halogens is 1. The van der Waals surface area contributed by atoms with Gasteiger partial charge >= 0.3 is 6.09 Å². The number of anilines is 1. The van der Waals surface area contributed by atoms with Gasteiger partial charge in [0.2, 0.25) is 5.95 Å². The lowest BCUT2D eigenvalue weighted by atomic mass is 9.91. The van der Waals surface area contributed by atoms with Crippen molar-refractivity contribution in [3.05, 3.63) is 72.0 Å². The molecule has 0 aliphatic heterocycles. The normalized spacial score (nSPS) is 17.9. The molecular weight excluding hydrogens is 550 g/mol. The van der Waals surface area contributed by atoms with Crippen LogP contribution in [0.2, 0.25) is 5.02 Å². The molecule has 1 aliphatic carbocycles. The molecule has 5 rings (SSSR count). The summed E-state index contributed by atoms with van der Waals surface area (Å²) in [6.07, 6.45) is 6.01. The molecule has 0 spiro atoms. The third-order valence-corrected chi connectivity index (χ3v) is 8.67. The molecule has 210 valence electrons. The van der Waals surface area contributed by atoms with E-state index in [9.17, 15) is 13.2 Å². The number of aromatic nitrogens is 3. The van der Waals surface area contributed by atoms with Crippen molar-refractivity contribution in [1.29, 1.82) is 0 Å². The molecule has 9 nitrogen and oxygen atoms in total. The Hall–Kier alpha value is -3.63. The average molecular weight is 582 g/mol. The molecule has 0 unspecified atom stereocenters. The molecule has 2 heterocycles. The topological polar surface area (TPSA) is 115 Å². The number of nitrogens with zero attached hydrogens (tertiary/aromatic N) is 3. The lowest BCUT2D eigenvalue weighted by molar-refractivity contribution is 0.0492. The fourth-order valence-electron chi connectivity index (χ4n) is 4.98. The zero-order valence-electron chi connectivity index (χ0n) is 22.6. The van der Waals surface area contributed by atoms with Crippen molar-refractivity contribution in [3.8, 4) is 11.3 Å². The van der Waals surface area contributed by atoms with E-state index in [0.717, 1.165) is 19.3 Å². The van der Waals surface area contributed by atoms with Crippen LogP contribution in [0.4, 0.5) is 10.7 Å². The Morgan fingerprint density at radius 1 is 1.05 bits per heavy atom. The molecule has 40 heavy (non-hydrogen) atoms. The van der Waals surface area contributed by atoms with E-state index in [0.29, 0.717) is 39.6 Å². The van der Waals surface area contributed by atoms with Crippen LogP contribution in [0.3, 0.4) is 0 Å². The molecule has 0 saturated heterocycles. The first-order valence-corrected chi connectivity index (χ1v) is 15.0. The average Bonchev–Trinajstić information content (AvgIpc) is 3.30. The molecule has 1 fully saturated rings. The Morgan fingerprint density at radius 2 is 1.75 bits per heavy atom. The Labute approximate surface area is 239 Å². The summed E-state index contributed by atoms with van der Waals surface area (Å²) in [5.74, 6) is 0.380. The summed E-state index contributed by atoms with van der Waals surface area (Å²) in [7, 11) is -3.86. The maximum atomic E-state index is 13.5. The molecule has 11 heteroatoms. The van der Waals surface area contributed by atoms with Gasteiger partial charge in [0, 0.05) is 29.2 Å². The van der Waals surface area contributed by atoms with Crippen LogP contribution in [-0.4, -0.2) is 46.1 Å². The van der Waals surface area contributed by atoms with Gasteiger partial charge in [0.25, 0.3) is 10.0 Å². The second-order valence-corrected chi connectivity index (χ2v) is 13.1. The van der Waals surface area contributed by atoms with Crippen molar-refractivity contribution in [2.75, 3.05) is 5.32 Å². The van der Waals surface area contributed by atoms with Crippen LogP contribution in [0, 0.1) is 0 Å². The lowest BCUT2D eigenvalue weighted by Crippen LogP contribution is -2.44. The summed E-state index contributed by atoms with van der Waals surface area (Å²) < 4.78 is 33.8. The highest BCUT2D eigenvalue weighted by molar-refractivity contribution is 7.90. The van der Waals surface area contributed by atoms with Crippen LogP contribution in [0.15, 0.2) is 71.9 Å². The monoisotopic (exact) mass is 581 g/mol. The first-order valence-electron chi connectivity index (χ1n) is 13.2. The number of fused-ring (bicyclic) bond motifs is 1. The van der Waals surface area contributed by atoms with Gasteiger partial charge in [-0.05, 0) is 64.7 Å². The molecule has 1 amide bonds. The predicted molar refractivity (Wildman–Crippen MR) is 156 cm³/mol. The first kappa shape index (κ1) is 27.9. The number of hydrogen-bond donors (Lipinski definition) is 2. The van der Waals surface area contributed by atoms with Crippen LogP contribution in [0.25, 0.3) is 22.2 Å². The summed E-state index contributed by atoms with van der Waals surface area (Å²) in [6.45, 7) is 5.51. The molecule has 0 bridgehead atoms. The van der Waals surface area contributed by atoms with E-state index in [2.05, 4.69) is 15.6 Å². The summed E-state index contributed by atoms with van der Waals surface area (Å²) in [5.41, 5.74) is 0.970. The maximum absolute atomic E-state index is 13.5. The second kappa shape index (κ2) is 11.1. The van der Waals surface area contributed by atoms with E-state index < -0.39 is 21.7 Å². The van der Waals surface area contributed by atoms with Gasteiger partial charge in [-0.2, -0.15) is 0 Å². The standard InChI is InChI=1S/C29H32ClN5O4S/c1-29(2,3)39-28(36)33-20-11-9-10-19(16-20)32-27-31-17-24(30)26(34-27)23-18-35(25-15-8-7-14-22(23)25)40(37,38)21-12-5-4-6-13-21/h4-8,12-15,17-20H,9-11,16H2,1-3H3,(H,33,36)(H,31,32,34)/t19-,20+/m1/s1. The number of alkyl carbamates (subject to hydrolysis) is 1. The van der Waals surface area contributed by atoms with Gasteiger partial charge in [0.05, 0.1) is 27.3 Å². The zero-order chi connectivity index (χ0) is 28.5. The van der Waals surface area contributed by atoms with E-state index in [1.807, 2.05) is 32.9 Å². The third-order valence-electron chi connectivity index (χ3n) is 6.71. The summed E-state index contributed by atoms with van der Waals surface area (Å²) in [6, 6.07) is 15.5. The number of ether oxygens (including phenoxy) is 1. The number of carbonyl (C=O) groups is 1. The van der Waals surface area contributed by atoms with E-state index in [1.54, 1.807) is 48.7 Å². The van der Waals surface area contributed by atoms with E-state index in [4.69, 9.17) is 21.3 Å². The Bertz CT molecular complexity index is 1630. The highest BCUT2D eigenvalue weighted by Gasteiger charge is 2.27. The fourth-order valence-corrected chi connectivity index (χ4v) is 6.56. The van der Waals surface area contributed by atoms with Crippen molar-refractivity contribution in [3.63, 3.8) is 0 Å². The number of amides is 1.